The number of nitrogens with one attached hydrogen (secondary N) is 1. The molecule has 6 nitrogen and oxygen atoms in total. The van der Waals surface area contributed by atoms with Crippen LogP contribution in [0.2, 0.25) is 10.0 Å². The van der Waals surface area contributed by atoms with Crippen molar-refractivity contribution < 1.29 is 4.79 Å². The standard InChI is InChI=1S/C22H17Cl2N3O3S/c23-15-6-4-14(5-7-15)8-10-25-19(28)13-26-18-9-11-31-20(18)21(29)27(22(26)30)17-3-1-2-16(24)12-17/h1-7,9,11-12H,8,10,13H2,(H,25,28). The SMILES string of the molecule is O=C(Cn1c(=O)n(-c2cccc(Cl)c2)c(=O)c2sccc21)NCCc1ccc(Cl)cc1. The lowest BCUT2D eigenvalue weighted by Gasteiger charge is -2.12. The van der Waals surface area contributed by atoms with Gasteiger partial charge in [-0.1, -0.05) is 41.4 Å². The molecular formula is C22H17Cl2N3O3S. The molecule has 0 aliphatic heterocycles. The molecule has 2 aromatic heterocycles. The van der Waals surface area contributed by atoms with E-state index in [4.69, 9.17) is 23.2 Å². The van der Waals surface area contributed by atoms with E-state index in [0.29, 0.717) is 38.9 Å². The van der Waals surface area contributed by atoms with E-state index in [1.54, 1.807) is 47.8 Å². The Balaban J connectivity index is 1.60. The van der Waals surface area contributed by atoms with Crippen LogP contribution in [0.15, 0.2) is 69.6 Å². The van der Waals surface area contributed by atoms with E-state index in [0.717, 1.165) is 10.1 Å². The first-order chi connectivity index (χ1) is 14.9. The van der Waals surface area contributed by atoms with E-state index >= 15 is 0 Å². The Bertz CT molecular complexity index is 1370. The molecule has 1 amide bonds. The normalized spacial score (nSPS) is 11.0. The van der Waals surface area contributed by atoms with Gasteiger partial charge in [-0.15, -0.1) is 11.3 Å². The Kier molecular flexibility index (Phi) is 6.27. The van der Waals surface area contributed by atoms with Crippen LogP contribution in [0.25, 0.3) is 15.9 Å². The van der Waals surface area contributed by atoms with E-state index in [1.165, 1.54) is 15.9 Å². The molecular weight excluding hydrogens is 457 g/mol. The molecule has 0 radical (unpaired) electrons. The zero-order chi connectivity index (χ0) is 22.0. The van der Waals surface area contributed by atoms with Crippen molar-refractivity contribution in [1.82, 2.24) is 14.5 Å². The number of benzene rings is 2. The second-order valence-electron chi connectivity index (χ2n) is 6.85. The smallest absolute Gasteiger partial charge is 0.336 e. The lowest BCUT2D eigenvalue weighted by atomic mass is 10.1. The second-order valence-corrected chi connectivity index (χ2v) is 8.64. The first-order valence-electron chi connectivity index (χ1n) is 9.44. The molecule has 2 aromatic carbocycles. The van der Waals surface area contributed by atoms with Gasteiger partial charge in [-0.25, -0.2) is 9.36 Å². The van der Waals surface area contributed by atoms with Crippen molar-refractivity contribution >= 4 is 50.7 Å². The molecule has 0 bridgehead atoms. The van der Waals surface area contributed by atoms with Gasteiger partial charge in [-0.05, 0) is 53.8 Å². The number of hydrogen-bond acceptors (Lipinski definition) is 4. The van der Waals surface area contributed by atoms with Crippen molar-refractivity contribution in [3.05, 3.63) is 96.4 Å². The van der Waals surface area contributed by atoms with E-state index < -0.39 is 11.2 Å². The Morgan fingerprint density at radius 3 is 2.52 bits per heavy atom. The average Bonchev–Trinajstić information content (AvgIpc) is 3.23. The van der Waals surface area contributed by atoms with Crippen molar-refractivity contribution in [1.29, 1.82) is 0 Å². The highest BCUT2D eigenvalue weighted by molar-refractivity contribution is 7.17. The Morgan fingerprint density at radius 1 is 1.00 bits per heavy atom. The maximum absolute atomic E-state index is 13.2. The molecule has 4 rings (SSSR count). The fourth-order valence-corrected chi connectivity index (χ4v) is 4.41. The summed E-state index contributed by atoms with van der Waals surface area (Å²) in [6.45, 7) is 0.212. The number of thiophene rings is 1. The van der Waals surface area contributed by atoms with Crippen LogP contribution >= 0.6 is 34.5 Å². The van der Waals surface area contributed by atoms with Crippen LogP contribution in [0.3, 0.4) is 0 Å². The molecule has 0 unspecified atom stereocenters. The van der Waals surface area contributed by atoms with Gasteiger partial charge in [0.1, 0.15) is 11.2 Å². The third kappa shape index (κ3) is 4.58. The summed E-state index contributed by atoms with van der Waals surface area (Å²) in [5, 5.41) is 5.61. The third-order valence-electron chi connectivity index (χ3n) is 4.77. The summed E-state index contributed by atoms with van der Waals surface area (Å²) in [7, 11) is 0. The maximum Gasteiger partial charge on any atom is 0.336 e. The monoisotopic (exact) mass is 473 g/mol. The van der Waals surface area contributed by atoms with Gasteiger partial charge in [0.2, 0.25) is 5.91 Å². The fraction of sp³-hybridized carbons (Fsp3) is 0.136. The summed E-state index contributed by atoms with van der Waals surface area (Å²) in [4.78, 5) is 38.7. The van der Waals surface area contributed by atoms with Crippen molar-refractivity contribution in [2.75, 3.05) is 6.54 Å². The molecule has 4 aromatic rings. The van der Waals surface area contributed by atoms with Crippen molar-refractivity contribution in [3.63, 3.8) is 0 Å². The minimum absolute atomic E-state index is 0.201. The second kappa shape index (κ2) is 9.09. The van der Waals surface area contributed by atoms with Gasteiger partial charge in [0.05, 0.1) is 11.2 Å². The largest absolute Gasteiger partial charge is 0.354 e. The van der Waals surface area contributed by atoms with Gasteiger partial charge in [-0.2, -0.15) is 0 Å². The van der Waals surface area contributed by atoms with Gasteiger partial charge in [0, 0.05) is 16.6 Å². The highest BCUT2D eigenvalue weighted by Gasteiger charge is 2.17. The summed E-state index contributed by atoms with van der Waals surface area (Å²) in [5.74, 6) is -0.320. The Morgan fingerprint density at radius 2 is 1.77 bits per heavy atom. The summed E-state index contributed by atoms with van der Waals surface area (Å²) in [6, 6.07) is 15.6. The summed E-state index contributed by atoms with van der Waals surface area (Å²) in [6.07, 6.45) is 0.633. The summed E-state index contributed by atoms with van der Waals surface area (Å²) < 4.78 is 2.76. The Labute approximate surface area is 191 Å². The molecule has 9 heteroatoms. The number of fused-ring (bicyclic) bond motifs is 1. The molecule has 31 heavy (non-hydrogen) atoms. The highest BCUT2D eigenvalue weighted by Crippen LogP contribution is 2.18. The number of aromatic nitrogens is 2. The van der Waals surface area contributed by atoms with Crippen LogP contribution in [-0.2, 0) is 17.8 Å². The first-order valence-corrected chi connectivity index (χ1v) is 11.1. The van der Waals surface area contributed by atoms with Gasteiger partial charge in [0.15, 0.2) is 0 Å². The van der Waals surface area contributed by atoms with Gasteiger partial charge < -0.3 is 5.32 Å². The maximum atomic E-state index is 13.2. The number of nitrogens with zero attached hydrogens (tertiary/aromatic N) is 2. The van der Waals surface area contributed by atoms with Crippen LogP contribution < -0.4 is 16.6 Å². The van der Waals surface area contributed by atoms with Crippen LogP contribution in [0, 0.1) is 0 Å². The number of hydrogen-bond donors (Lipinski definition) is 1. The average molecular weight is 474 g/mol. The lowest BCUT2D eigenvalue weighted by molar-refractivity contribution is -0.121. The zero-order valence-electron chi connectivity index (χ0n) is 16.2. The minimum Gasteiger partial charge on any atom is -0.354 e. The van der Waals surface area contributed by atoms with Crippen LogP contribution in [-0.4, -0.2) is 21.6 Å². The first kappa shape index (κ1) is 21.4. The molecule has 0 spiro atoms. The van der Waals surface area contributed by atoms with E-state index in [1.807, 2.05) is 12.1 Å². The number of halogens is 2. The molecule has 0 saturated carbocycles. The van der Waals surface area contributed by atoms with E-state index in [-0.39, 0.29) is 12.5 Å². The van der Waals surface area contributed by atoms with Crippen molar-refractivity contribution in [2.45, 2.75) is 13.0 Å². The summed E-state index contributed by atoms with van der Waals surface area (Å²) >= 11 is 13.2. The molecule has 1 N–H and O–H groups in total. The summed E-state index contributed by atoms with van der Waals surface area (Å²) in [5.41, 5.74) is 0.806. The predicted octanol–water partition coefficient (Wildman–Crippen LogP) is 3.88. The fourth-order valence-electron chi connectivity index (χ4n) is 3.28. The number of carbonyl (C=O) groups excluding carboxylic acids is 1. The van der Waals surface area contributed by atoms with Crippen molar-refractivity contribution in [3.8, 4) is 5.69 Å². The predicted molar refractivity (Wildman–Crippen MR) is 125 cm³/mol. The topological polar surface area (TPSA) is 73.1 Å². The van der Waals surface area contributed by atoms with Crippen LogP contribution in [0.1, 0.15) is 5.56 Å². The van der Waals surface area contributed by atoms with Gasteiger partial charge >= 0.3 is 5.69 Å². The van der Waals surface area contributed by atoms with E-state index in [2.05, 4.69) is 5.32 Å². The molecule has 0 fully saturated rings. The highest BCUT2D eigenvalue weighted by atomic mass is 35.5. The van der Waals surface area contributed by atoms with Crippen LogP contribution in [0.5, 0.6) is 0 Å². The molecule has 0 atom stereocenters. The third-order valence-corrected chi connectivity index (χ3v) is 6.15. The van der Waals surface area contributed by atoms with Gasteiger partial charge in [0.25, 0.3) is 5.56 Å². The Hall–Kier alpha value is -2.87. The number of amides is 1. The molecule has 2 heterocycles. The lowest BCUT2D eigenvalue weighted by Crippen LogP contribution is -2.41. The molecule has 158 valence electrons. The van der Waals surface area contributed by atoms with Crippen molar-refractivity contribution in [2.24, 2.45) is 0 Å². The van der Waals surface area contributed by atoms with E-state index in [9.17, 15) is 14.4 Å². The minimum atomic E-state index is -0.592. The molecule has 0 aliphatic carbocycles. The number of carbonyl (C=O) groups is 1. The quantitative estimate of drug-likeness (QED) is 0.461. The molecule has 0 aliphatic rings. The van der Waals surface area contributed by atoms with Crippen LogP contribution in [0.4, 0.5) is 0 Å². The molecule has 0 saturated heterocycles. The zero-order valence-corrected chi connectivity index (χ0v) is 18.5. The number of rotatable bonds is 6. The van der Waals surface area contributed by atoms with Gasteiger partial charge in [-0.3, -0.25) is 14.2 Å².